The zero-order valence-corrected chi connectivity index (χ0v) is 15.8. The Kier molecular flexibility index (Phi) is 16.0. The number of unbranched alkanes of at least 4 members (excludes halogenated alkanes) is 5. The van der Waals surface area contributed by atoms with Gasteiger partial charge in [-0.3, -0.25) is 9.59 Å². The summed E-state index contributed by atoms with van der Waals surface area (Å²) in [4.78, 5) is 22.1. The van der Waals surface area contributed by atoms with Gasteiger partial charge in [-0.2, -0.15) is 0 Å². The molecule has 0 aliphatic rings. The average Bonchev–Trinajstić information content (AvgIpc) is 2.58. The quantitative estimate of drug-likeness (QED) is 0.235. The number of allylic oxidation sites excluding steroid dienone is 5. The topological polar surface area (TPSA) is 63.6 Å². The number of aliphatic carboxylic acids is 1. The highest BCUT2D eigenvalue weighted by Crippen LogP contribution is 2.09. The molecule has 0 saturated carbocycles. The Morgan fingerprint density at radius 3 is 2.12 bits per heavy atom. The van der Waals surface area contributed by atoms with Crippen LogP contribution in [0.4, 0.5) is 0 Å². The summed E-state index contributed by atoms with van der Waals surface area (Å²) < 4.78 is 5.31. The molecule has 0 saturated heterocycles. The fourth-order valence-corrected chi connectivity index (χ4v) is 2.42. The minimum Gasteiger partial charge on any atom is -0.481 e. The summed E-state index contributed by atoms with van der Waals surface area (Å²) in [5, 5.41) is 8.53. The van der Waals surface area contributed by atoms with Crippen LogP contribution in [0.15, 0.2) is 36.5 Å². The average molecular weight is 350 g/mol. The van der Waals surface area contributed by atoms with E-state index in [0.29, 0.717) is 6.42 Å². The number of carbonyl (C=O) groups excluding carboxylic acids is 1. The summed E-state index contributed by atoms with van der Waals surface area (Å²) in [5.74, 6) is -0.568. The van der Waals surface area contributed by atoms with Gasteiger partial charge in [-0.25, -0.2) is 0 Å². The highest BCUT2D eigenvalue weighted by atomic mass is 16.5. The van der Waals surface area contributed by atoms with Crippen LogP contribution in [-0.4, -0.2) is 30.1 Å². The van der Waals surface area contributed by atoms with Crippen LogP contribution in [-0.2, 0) is 14.3 Å². The number of carboxylic acid groups (broad SMARTS) is 1. The number of rotatable bonds is 16. The SMILES string of the molecule is CCCC(C=CC=CC=CC(=O)CCCCCCCCC(=O)O)OC. The molecule has 0 aromatic carbocycles. The summed E-state index contributed by atoms with van der Waals surface area (Å²) in [6, 6.07) is 0. The number of hydrogen-bond acceptors (Lipinski definition) is 3. The van der Waals surface area contributed by atoms with Crippen molar-refractivity contribution < 1.29 is 19.4 Å². The molecule has 0 radical (unpaired) electrons. The molecule has 142 valence electrons. The number of ketones is 1. The molecule has 25 heavy (non-hydrogen) atoms. The third-order valence-electron chi connectivity index (χ3n) is 3.88. The van der Waals surface area contributed by atoms with Crippen molar-refractivity contribution in [1.82, 2.24) is 0 Å². The molecule has 0 aliphatic heterocycles. The van der Waals surface area contributed by atoms with Crippen molar-refractivity contribution in [3.05, 3.63) is 36.5 Å². The first-order chi connectivity index (χ1) is 12.1. The molecule has 0 amide bonds. The third-order valence-corrected chi connectivity index (χ3v) is 3.88. The highest BCUT2D eigenvalue weighted by molar-refractivity contribution is 5.89. The van der Waals surface area contributed by atoms with Crippen LogP contribution in [0.3, 0.4) is 0 Å². The molecule has 1 unspecified atom stereocenters. The minimum atomic E-state index is -0.721. The molecule has 1 atom stereocenters. The van der Waals surface area contributed by atoms with E-state index in [2.05, 4.69) is 6.92 Å². The fraction of sp³-hybridized carbons (Fsp3) is 0.619. The van der Waals surface area contributed by atoms with Crippen molar-refractivity contribution in [2.24, 2.45) is 0 Å². The third kappa shape index (κ3) is 16.9. The van der Waals surface area contributed by atoms with E-state index in [4.69, 9.17) is 9.84 Å². The van der Waals surface area contributed by atoms with E-state index >= 15 is 0 Å². The van der Waals surface area contributed by atoms with E-state index in [1.807, 2.05) is 24.3 Å². The first kappa shape index (κ1) is 23.3. The van der Waals surface area contributed by atoms with Gasteiger partial charge in [0.05, 0.1) is 6.10 Å². The van der Waals surface area contributed by atoms with Gasteiger partial charge in [0.15, 0.2) is 5.78 Å². The molecule has 4 heteroatoms. The molecule has 0 bridgehead atoms. The standard InChI is InChI=1S/C21H34O4/c1-3-14-20(25-2)17-12-9-8-11-16-19(22)15-10-6-4-5-7-13-18-21(23)24/h8-9,11-12,16-17,20H,3-7,10,13-15,18H2,1-2H3,(H,23,24). The van der Waals surface area contributed by atoms with Crippen molar-refractivity contribution in [2.45, 2.75) is 77.2 Å². The Morgan fingerprint density at radius 2 is 1.52 bits per heavy atom. The van der Waals surface area contributed by atoms with Crippen molar-refractivity contribution in [1.29, 1.82) is 0 Å². The predicted molar refractivity (Wildman–Crippen MR) is 103 cm³/mol. The monoisotopic (exact) mass is 350 g/mol. The molecule has 1 N–H and O–H groups in total. The zero-order chi connectivity index (χ0) is 18.8. The molecule has 0 heterocycles. The largest absolute Gasteiger partial charge is 0.481 e. The first-order valence-electron chi connectivity index (χ1n) is 9.39. The van der Waals surface area contributed by atoms with Crippen LogP contribution in [0.25, 0.3) is 0 Å². The number of hydrogen-bond donors (Lipinski definition) is 1. The Balaban J connectivity index is 3.68. The van der Waals surface area contributed by atoms with E-state index in [1.54, 1.807) is 19.3 Å². The molecule has 0 spiro atoms. The van der Waals surface area contributed by atoms with Crippen LogP contribution in [0, 0.1) is 0 Å². The van der Waals surface area contributed by atoms with Crippen molar-refractivity contribution >= 4 is 11.8 Å². The molecule has 0 fully saturated rings. The number of carbonyl (C=O) groups is 2. The molecular weight excluding hydrogens is 316 g/mol. The van der Waals surface area contributed by atoms with E-state index in [-0.39, 0.29) is 18.3 Å². The van der Waals surface area contributed by atoms with Gasteiger partial charge in [0.2, 0.25) is 0 Å². The van der Waals surface area contributed by atoms with Crippen LogP contribution in [0.5, 0.6) is 0 Å². The van der Waals surface area contributed by atoms with Gasteiger partial charge in [-0.1, -0.05) is 69.4 Å². The maximum Gasteiger partial charge on any atom is 0.303 e. The van der Waals surface area contributed by atoms with Crippen molar-refractivity contribution in [2.75, 3.05) is 7.11 Å². The molecule has 0 rings (SSSR count). The zero-order valence-electron chi connectivity index (χ0n) is 15.8. The first-order valence-corrected chi connectivity index (χ1v) is 9.39. The van der Waals surface area contributed by atoms with Gasteiger partial charge >= 0.3 is 5.97 Å². The van der Waals surface area contributed by atoms with Crippen LogP contribution in [0.2, 0.25) is 0 Å². The molecule has 0 aliphatic carbocycles. The highest BCUT2D eigenvalue weighted by Gasteiger charge is 1.99. The summed E-state index contributed by atoms with van der Waals surface area (Å²) in [6.07, 6.45) is 20.0. The summed E-state index contributed by atoms with van der Waals surface area (Å²) >= 11 is 0. The van der Waals surface area contributed by atoms with Gasteiger partial charge < -0.3 is 9.84 Å². The van der Waals surface area contributed by atoms with Crippen LogP contribution in [0.1, 0.15) is 71.1 Å². The predicted octanol–water partition coefficient (Wildman–Crippen LogP) is 5.24. The normalized spacial score (nSPS) is 13.2. The van der Waals surface area contributed by atoms with Crippen molar-refractivity contribution in [3.8, 4) is 0 Å². The lowest BCUT2D eigenvalue weighted by Crippen LogP contribution is -2.05. The lowest BCUT2D eigenvalue weighted by Gasteiger charge is -2.07. The summed E-state index contributed by atoms with van der Waals surface area (Å²) in [6.45, 7) is 2.13. The van der Waals surface area contributed by atoms with Crippen LogP contribution < -0.4 is 0 Å². The Morgan fingerprint density at radius 1 is 0.920 bits per heavy atom. The lowest BCUT2D eigenvalue weighted by atomic mass is 10.1. The van der Waals surface area contributed by atoms with Gasteiger partial charge in [-0.05, 0) is 25.3 Å². The van der Waals surface area contributed by atoms with Gasteiger partial charge in [0.25, 0.3) is 0 Å². The Bertz CT molecular complexity index is 435. The van der Waals surface area contributed by atoms with Gasteiger partial charge in [0.1, 0.15) is 0 Å². The van der Waals surface area contributed by atoms with E-state index in [9.17, 15) is 9.59 Å². The van der Waals surface area contributed by atoms with Gasteiger partial charge in [0, 0.05) is 20.0 Å². The smallest absolute Gasteiger partial charge is 0.303 e. The lowest BCUT2D eigenvalue weighted by molar-refractivity contribution is -0.137. The molecule has 4 nitrogen and oxygen atoms in total. The maximum atomic E-state index is 11.7. The van der Waals surface area contributed by atoms with E-state index in [1.165, 1.54) is 0 Å². The second-order valence-corrected chi connectivity index (χ2v) is 6.17. The van der Waals surface area contributed by atoms with Gasteiger partial charge in [-0.15, -0.1) is 0 Å². The summed E-state index contributed by atoms with van der Waals surface area (Å²) in [5.41, 5.74) is 0. The van der Waals surface area contributed by atoms with E-state index in [0.717, 1.165) is 51.4 Å². The van der Waals surface area contributed by atoms with E-state index < -0.39 is 5.97 Å². The number of ether oxygens (including phenoxy) is 1. The number of methoxy groups -OCH3 is 1. The second-order valence-electron chi connectivity index (χ2n) is 6.17. The van der Waals surface area contributed by atoms with Crippen LogP contribution >= 0.6 is 0 Å². The Labute approximate surface area is 152 Å². The molecule has 0 aromatic heterocycles. The maximum absolute atomic E-state index is 11.7. The number of carboxylic acids is 1. The van der Waals surface area contributed by atoms with Crippen molar-refractivity contribution in [3.63, 3.8) is 0 Å². The minimum absolute atomic E-state index is 0.153. The Hall–Kier alpha value is -1.68. The molecule has 0 aromatic rings. The fourth-order valence-electron chi connectivity index (χ4n) is 2.42. The molecular formula is C21H34O4. The summed E-state index contributed by atoms with van der Waals surface area (Å²) in [7, 11) is 1.71. The second kappa shape index (κ2) is 17.2.